The van der Waals surface area contributed by atoms with Crippen molar-refractivity contribution in [3.8, 4) is 0 Å². The lowest BCUT2D eigenvalue weighted by molar-refractivity contribution is -0.913. The zero-order valence-corrected chi connectivity index (χ0v) is 15.5. The van der Waals surface area contributed by atoms with E-state index in [4.69, 9.17) is 23.2 Å². The second kappa shape index (κ2) is 6.23. The molecule has 0 radical (unpaired) electrons. The lowest BCUT2D eigenvalue weighted by Crippen LogP contribution is -3.11. The Morgan fingerprint density at radius 3 is 2.88 bits per heavy atom. The van der Waals surface area contributed by atoms with Crippen molar-refractivity contribution in [2.75, 3.05) is 18.4 Å². The van der Waals surface area contributed by atoms with Crippen molar-refractivity contribution in [3.05, 3.63) is 49.8 Å². The van der Waals surface area contributed by atoms with Gasteiger partial charge in [-0.15, -0.1) is 11.3 Å². The molecule has 7 heteroatoms. The highest BCUT2D eigenvalue weighted by Gasteiger charge is 2.34. The van der Waals surface area contributed by atoms with Crippen molar-refractivity contribution in [1.82, 2.24) is 5.32 Å². The summed E-state index contributed by atoms with van der Waals surface area (Å²) in [6.45, 7) is 5.43. The minimum absolute atomic E-state index is 0.00253. The molecule has 0 saturated carbocycles. The van der Waals surface area contributed by atoms with Crippen LogP contribution in [0.2, 0.25) is 10.0 Å². The van der Waals surface area contributed by atoms with Gasteiger partial charge in [-0.3, -0.25) is 4.79 Å². The van der Waals surface area contributed by atoms with Gasteiger partial charge in [0.2, 0.25) is 0 Å². The lowest BCUT2D eigenvalue weighted by Gasteiger charge is -2.27. The molecule has 1 amide bonds. The van der Waals surface area contributed by atoms with E-state index < -0.39 is 0 Å². The molecule has 1 aromatic heterocycles. The molecule has 0 aliphatic carbocycles. The topological polar surface area (TPSA) is 45.6 Å². The highest BCUT2D eigenvalue weighted by Crippen LogP contribution is 2.39. The summed E-state index contributed by atoms with van der Waals surface area (Å²) in [7, 11) is 0. The summed E-state index contributed by atoms with van der Waals surface area (Å²) in [5.41, 5.74) is 2.96. The van der Waals surface area contributed by atoms with Gasteiger partial charge in [-0.1, -0.05) is 29.3 Å². The van der Waals surface area contributed by atoms with E-state index in [1.54, 1.807) is 28.4 Å². The zero-order valence-electron chi connectivity index (χ0n) is 13.2. The largest absolute Gasteiger partial charge is 0.353 e. The SMILES string of the molecule is CC[NH+]1CCc2c(sc3c2C(=O)N[C@@H](c2ccc(Cl)c(Cl)c2)N3)C1. The Bertz CT molecular complexity index is 820. The Labute approximate surface area is 154 Å². The van der Waals surface area contributed by atoms with Gasteiger partial charge in [0.15, 0.2) is 0 Å². The number of carbonyl (C=O) groups excluding carboxylic acids is 1. The summed E-state index contributed by atoms with van der Waals surface area (Å²) in [5.74, 6) is -0.00253. The number of hydrogen-bond donors (Lipinski definition) is 3. The molecule has 4 rings (SSSR count). The average Bonchev–Trinajstić information content (AvgIpc) is 2.95. The van der Waals surface area contributed by atoms with Crippen molar-refractivity contribution in [1.29, 1.82) is 0 Å². The van der Waals surface area contributed by atoms with Crippen molar-refractivity contribution in [2.24, 2.45) is 0 Å². The van der Waals surface area contributed by atoms with Crippen LogP contribution in [0.15, 0.2) is 18.2 Å². The molecule has 3 heterocycles. The Hall–Kier alpha value is -1.27. The maximum Gasteiger partial charge on any atom is 0.256 e. The van der Waals surface area contributed by atoms with Crippen LogP contribution in [0.3, 0.4) is 0 Å². The second-order valence-corrected chi connectivity index (χ2v) is 8.13. The van der Waals surface area contributed by atoms with Gasteiger partial charge in [0.25, 0.3) is 5.91 Å². The number of nitrogens with one attached hydrogen (secondary N) is 3. The van der Waals surface area contributed by atoms with Gasteiger partial charge in [0.05, 0.1) is 33.6 Å². The maximum absolute atomic E-state index is 12.7. The first kappa shape index (κ1) is 16.2. The number of amides is 1. The third-order valence-corrected chi connectivity index (χ3v) is 6.69. The molecule has 1 unspecified atom stereocenters. The van der Waals surface area contributed by atoms with Crippen LogP contribution in [0.5, 0.6) is 0 Å². The molecule has 3 N–H and O–H groups in total. The van der Waals surface area contributed by atoms with Crippen LogP contribution in [0.25, 0.3) is 0 Å². The van der Waals surface area contributed by atoms with Gasteiger partial charge in [0.1, 0.15) is 17.7 Å². The van der Waals surface area contributed by atoms with Crippen molar-refractivity contribution < 1.29 is 9.69 Å². The van der Waals surface area contributed by atoms with E-state index in [-0.39, 0.29) is 12.1 Å². The van der Waals surface area contributed by atoms with Crippen LogP contribution < -0.4 is 15.5 Å². The first-order valence-corrected chi connectivity index (χ1v) is 9.64. The van der Waals surface area contributed by atoms with Gasteiger partial charge < -0.3 is 15.5 Å². The van der Waals surface area contributed by atoms with Gasteiger partial charge in [0, 0.05) is 6.42 Å². The standard InChI is InChI=1S/C17H17Cl2N3OS/c1-2-22-6-5-10-13(8-22)24-17-14(10)16(23)20-15(21-17)9-3-4-11(18)12(19)7-9/h3-4,7,15,21H,2,5-6,8H2,1H3,(H,20,23)/p+1/t15-/m1/s1. The highest BCUT2D eigenvalue weighted by atomic mass is 35.5. The van der Waals surface area contributed by atoms with E-state index in [2.05, 4.69) is 17.6 Å². The summed E-state index contributed by atoms with van der Waals surface area (Å²) < 4.78 is 0. The minimum atomic E-state index is -0.283. The van der Waals surface area contributed by atoms with Crippen LogP contribution in [-0.4, -0.2) is 19.0 Å². The molecular weight excluding hydrogens is 365 g/mol. The molecule has 0 fully saturated rings. The van der Waals surface area contributed by atoms with Crippen LogP contribution in [0.4, 0.5) is 5.00 Å². The molecule has 2 aliphatic rings. The smallest absolute Gasteiger partial charge is 0.256 e. The van der Waals surface area contributed by atoms with E-state index in [1.165, 1.54) is 10.4 Å². The van der Waals surface area contributed by atoms with E-state index in [0.29, 0.717) is 10.0 Å². The fourth-order valence-electron chi connectivity index (χ4n) is 3.41. The third kappa shape index (κ3) is 2.69. The summed E-state index contributed by atoms with van der Waals surface area (Å²) in [6.07, 6.45) is 0.686. The number of quaternary nitrogens is 1. The number of fused-ring (bicyclic) bond motifs is 3. The van der Waals surface area contributed by atoms with E-state index in [9.17, 15) is 4.79 Å². The molecule has 1 aromatic carbocycles. The van der Waals surface area contributed by atoms with Crippen molar-refractivity contribution >= 4 is 45.4 Å². The maximum atomic E-state index is 12.7. The number of benzene rings is 1. The highest BCUT2D eigenvalue weighted by molar-refractivity contribution is 7.16. The molecule has 24 heavy (non-hydrogen) atoms. The monoisotopic (exact) mass is 382 g/mol. The molecule has 126 valence electrons. The molecule has 0 bridgehead atoms. The second-order valence-electron chi connectivity index (χ2n) is 6.21. The van der Waals surface area contributed by atoms with Gasteiger partial charge in [-0.25, -0.2) is 0 Å². The molecule has 4 nitrogen and oxygen atoms in total. The van der Waals surface area contributed by atoms with E-state index >= 15 is 0 Å². The number of hydrogen-bond acceptors (Lipinski definition) is 3. The van der Waals surface area contributed by atoms with Crippen LogP contribution >= 0.6 is 34.5 Å². The molecule has 0 spiro atoms. The Morgan fingerprint density at radius 1 is 1.29 bits per heavy atom. The summed E-state index contributed by atoms with van der Waals surface area (Å²) >= 11 is 13.8. The van der Waals surface area contributed by atoms with Crippen LogP contribution in [0, 0.1) is 0 Å². The number of likely N-dealkylation sites (N-methyl/N-ethyl adjacent to an activating group) is 1. The Balaban J connectivity index is 1.67. The van der Waals surface area contributed by atoms with Crippen LogP contribution in [-0.2, 0) is 13.0 Å². The summed E-state index contributed by atoms with van der Waals surface area (Å²) in [6, 6.07) is 5.43. The predicted molar refractivity (Wildman–Crippen MR) is 98.4 cm³/mol. The molecule has 2 aliphatic heterocycles. The Kier molecular flexibility index (Phi) is 4.21. The summed E-state index contributed by atoms with van der Waals surface area (Å²) in [4.78, 5) is 15.6. The van der Waals surface area contributed by atoms with Crippen molar-refractivity contribution in [2.45, 2.75) is 26.1 Å². The fourth-order valence-corrected chi connectivity index (χ4v) is 5.06. The Morgan fingerprint density at radius 2 is 2.12 bits per heavy atom. The van der Waals surface area contributed by atoms with Gasteiger partial charge >= 0.3 is 0 Å². The predicted octanol–water partition coefficient (Wildman–Crippen LogP) is 2.87. The first-order valence-electron chi connectivity index (χ1n) is 8.07. The minimum Gasteiger partial charge on any atom is -0.353 e. The number of rotatable bonds is 2. The third-order valence-electron chi connectivity index (χ3n) is 4.78. The quantitative estimate of drug-likeness (QED) is 0.747. The van der Waals surface area contributed by atoms with Crippen LogP contribution in [0.1, 0.15) is 39.5 Å². The number of thiophene rings is 1. The van der Waals surface area contributed by atoms with Gasteiger partial charge in [-0.2, -0.15) is 0 Å². The molecule has 2 aromatic rings. The molecule has 0 saturated heterocycles. The fraction of sp³-hybridized carbons (Fsp3) is 0.353. The molecular formula is C17H18Cl2N3OS+. The number of anilines is 1. The van der Waals surface area contributed by atoms with E-state index in [0.717, 1.165) is 42.2 Å². The zero-order chi connectivity index (χ0) is 16.8. The first-order chi connectivity index (χ1) is 11.6. The normalized spacial score (nSPS) is 22.4. The number of carbonyl (C=O) groups is 1. The van der Waals surface area contributed by atoms with Crippen molar-refractivity contribution in [3.63, 3.8) is 0 Å². The number of halogens is 2. The van der Waals surface area contributed by atoms with Gasteiger partial charge in [-0.05, 0) is 30.2 Å². The molecule has 2 atom stereocenters. The average molecular weight is 383 g/mol. The summed E-state index contributed by atoms with van der Waals surface area (Å²) in [5, 5.41) is 8.47. The van der Waals surface area contributed by atoms with E-state index in [1.807, 2.05) is 6.07 Å². The lowest BCUT2D eigenvalue weighted by atomic mass is 10.0.